The maximum atomic E-state index is 12.3. The quantitative estimate of drug-likeness (QED) is 0.847. The number of carbonyl (C=O) groups is 1. The molecule has 2 heterocycles. The molecule has 0 aliphatic carbocycles. The van der Waals surface area contributed by atoms with Gasteiger partial charge in [0.25, 0.3) is 5.91 Å². The molecule has 0 radical (unpaired) electrons. The van der Waals surface area contributed by atoms with Crippen LogP contribution in [0.3, 0.4) is 0 Å². The monoisotopic (exact) mass is 273 g/mol. The Morgan fingerprint density at radius 1 is 1.35 bits per heavy atom. The first-order valence-electron chi connectivity index (χ1n) is 6.76. The summed E-state index contributed by atoms with van der Waals surface area (Å²) in [6.45, 7) is 5.64. The molecular weight excluding hydrogens is 254 g/mol. The predicted octanol–water partition coefficient (Wildman–Crippen LogP) is 2.37. The smallest absolute Gasteiger partial charge is 0.257 e. The molecule has 2 N–H and O–H groups in total. The van der Waals surface area contributed by atoms with Gasteiger partial charge in [-0.1, -0.05) is 6.92 Å². The minimum Gasteiger partial charge on any atom is -0.383 e. The van der Waals surface area contributed by atoms with Gasteiger partial charge in [0, 0.05) is 25.5 Å². The second-order valence-electron chi connectivity index (χ2n) is 4.39. The largest absolute Gasteiger partial charge is 0.383 e. The Labute approximate surface area is 118 Å². The van der Waals surface area contributed by atoms with Crippen LogP contribution in [0.15, 0.2) is 30.9 Å². The highest BCUT2D eigenvalue weighted by Crippen LogP contribution is 2.16. The third-order valence-electron chi connectivity index (χ3n) is 2.85. The van der Waals surface area contributed by atoms with Gasteiger partial charge in [-0.05, 0) is 19.4 Å². The van der Waals surface area contributed by atoms with Gasteiger partial charge in [0.05, 0.1) is 29.3 Å². The van der Waals surface area contributed by atoms with Gasteiger partial charge in [-0.25, -0.2) is 0 Å². The fourth-order valence-corrected chi connectivity index (χ4v) is 1.79. The maximum absolute atomic E-state index is 12.3. The molecular formula is C14H19N5O. The Balaban J connectivity index is 2.12. The Bertz CT molecular complexity index is 578. The zero-order chi connectivity index (χ0) is 14.4. The lowest BCUT2D eigenvalue weighted by atomic mass is 10.2. The third-order valence-corrected chi connectivity index (χ3v) is 2.85. The molecule has 0 fully saturated rings. The lowest BCUT2D eigenvalue weighted by molar-refractivity contribution is 0.102. The van der Waals surface area contributed by atoms with Crippen LogP contribution in [0.1, 0.15) is 30.6 Å². The molecule has 0 aliphatic heterocycles. The van der Waals surface area contributed by atoms with Crippen LogP contribution in [0.25, 0.3) is 0 Å². The molecule has 2 aromatic heterocycles. The fourth-order valence-electron chi connectivity index (χ4n) is 1.79. The first-order chi connectivity index (χ1) is 9.74. The lowest BCUT2D eigenvalue weighted by Crippen LogP contribution is -2.15. The van der Waals surface area contributed by atoms with E-state index in [1.807, 2.05) is 6.92 Å². The van der Waals surface area contributed by atoms with Crippen LogP contribution in [0.5, 0.6) is 0 Å². The minimum atomic E-state index is -0.165. The van der Waals surface area contributed by atoms with E-state index in [1.54, 1.807) is 35.5 Å². The number of rotatable bonds is 6. The number of hydrogen-bond acceptors (Lipinski definition) is 4. The molecule has 1 amide bonds. The molecule has 0 saturated heterocycles. The van der Waals surface area contributed by atoms with Crippen LogP contribution < -0.4 is 10.6 Å². The minimum absolute atomic E-state index is 0.165. The van der Waals surface area contributed by atoms with E-state index < -0.39 is 0 Å². The molecule has 6 heteroatoms. The van der Waals surface area contributed by atoms with Crippen molar-refractivity contribution >= 4 is 17.3 Å². The Kier molecular flexibility index (Phi) is 4.70. The highest BCUT2D eigenvalue weighted by molar-refractivity contribution is 6.07. The summed E-state index contributed by atoms with van der Waals surface area (Å²) in [4.78, 5) is 16.3. The van der Waals surface area contributed by atoms with E-state index in [0.29, 0.717) is 11.3 Å². The number of hydrogen-bond donors (Lipinski definition) is 2. The predicted molar refractivity (Wildman–Crippen MR) is 78.9 cm³/mol. The van der Waals surface area contributed by atoms with E-state index >= 15 is 0 Å². The lowest BCUT2D eigenvalue weighted by Gasteiger charge is -2.10. The summed E-state index contributed by atoms with van der Waals surface area (Å²) >= 11 is 0. The molecule has 0 saturated carbocycles. The second-order valence-corrected chi connectivity index (χ2v) is 4.39. The number of nitrogens with one attached hydrogen (secondary N) is 2. The zero-order valence-electron chi connectivity index (χ0n) is 11.8. The molecule has 2 aromatic rings. The Morgan fingerprint density at radius 3 is 2.90 bits per heavy atom. The van der Waals surface area contributed by atoms with Crippen molar-refractivity contribution in [1.82, 2.24) is 14.8 Å². The molecule has 2 rings (SSSR count). The summed E-state index contributed by atoms with van der Waals surface area (Å²) in [5, 5.41) is 10.2. The normalized spacial score (nSPS) is 10.3. The summed E-state index contributed by atoms with van der Waals surface area (Å²) in [7, 11) is 0. The van der Waals surface area contributed by atoms with Gasteiger partial charge < -0.3 is 10.6 Å². The SMILES string of the molecule is CCCNc1cnccc1C(=O)Nc1cnn(CC)c1. The number of amides is 1. The van der Waals surface area contributed by atoms with E-state index in [0.717, 1.165) is 25.2 Å². The first kappa shape index (κ1) is 14.0. The number of aryl methyl sites for hydroxylation is 1. The van der Waals surface area contributed by atoms with Gasteiger partial charge in [-0.3, -0.25) is 14.5 Å². The van der Waals surface area contributed by atoms with Gasteiger partial charge in [0.1, 0.15) is 0 Å². The molecule has 0 aliphatic rings. The number of pyridine rings is 1. The van der Waals surface area contributed by atoms with E-state index in [9.17, 15) is 4.79 Å². The molecule has 0 bridgehead atoms. The van der Waals surface area contributed by atoms with Crippen molar-refractivity contribution in [2.45, 2.75) is 26.8 Å². The van der Waals surface area contributed by atoms with Crippen molar-refractivity contribution in [3.63, 3.8) is 0 Å². The van der Waals surface area contributed by atoms with Gasteiger partial charge in [0.15, 0.2) is 0 Å². The highest BCUT2D eigenvalue weighted by atomic mass is 16.1. The van der Waals surface area contributed by atoms with E-state index in [4.69, 9.17) is 0 Å². The van der Waals surface area contributed by atoms with Gasteiger partial charge >= 0.3 is 0 Å². The Hall–Kier alpha value is -2.37. The standard InChI is InChI=1S/C14H19N5O/c1-3-6-16-13-9-15-7-5-12(13)14(20)18-11-8-17-19(4-2)10-11/h5,7-10,16H,3-4,6H2,1-2H3,(H,18,20). The average Bonchev–Trinajstić information content (AvgIpc) is 2.93. The number of aromatic nitrogens is 3. The van der Waals surface area contributed by atoms with Crippen molar-refractivity contribution in [3.05, 3.63) is 36.4 Å². The van der Waals surface area contributed by atoms with E-state index in [1.165, 1.54) is 0 Å². The zero-order valence-corrected chi connectivity index (χ0v) is 11.8. The molecule has 20 heavy (non-hydrogen) atoms. The molecule has 0 unspecified atom stereocenters. The summed E-state index contributed by atoms with van der Waals surface area (Å²) in [5.41, 5.74) is 2.02. The van der Waals surface area contributed by atoms with Gasteiger partial charge in [0.2, 0.25) is 0 Å². The van der Waals surface area contributed by atoms with E-state index in [2.05, 4.69) is 27.6 Å². The molecule has 0 spiro atoms. The van der Waals surface area contributed by atoms with Crippen molar-refractivity contribution in [3.8, 4) is 0 Å². The average molecular weight is 273 g/mol. The summed E-state index contributed by atoms with van der Waals surface area (Å²) in [6.07, 6.45) is 7.71. The fraction of sp³-hybridized carbons (Fsp3) is 0.357. The summed E-state index contributed by atoms with van der Waals surface area (Å²) in [6, 6.07) is 1.71. The van der Waals surface area contributed by atoms with Crippen LogP contribution in [0, 0.1) is 0 Å². The maximum Gasteiger partial charge on any atom is 0.257 e. The second kappa shape index (κ2) is 6.70. The molecule has 0 atom stereocenters. The topological polar surface area (TPSA) is 71.8 Å². The van der Waals surface area contributed by atoms with Gasteiger partial charge in [-0.2, -0.15) is 5.10 Å². The van der Waals surface area contributed by atoms with Crippen LogP contribution in [0.4, 0.5) is 11.4 Å². The molecule has 106 valence electrons. The number of nitrogens with zero attached hydrogens (tertiary/aromatic N) is 3. The number of anilines is 2. The van der Waals surface area contributed by atoms with Crippen LogP contribution in [-0.4, -0.2) is 27.2 Å². The van der Waals surface area contributed by atoms with Crippen molar-refractivity contribution in [2.24, 2.45) is 0 Å². The summed E-state index contributed by atoms with van der Waals surface area (Å²) in [5.74, 6) is -0.165. The van der Waals surface area contributed by atoms with Crippen LogP contribution in [0.2, 0.25) is 0 Å². The van der Waals surface area contributed by atoms with Crippen LogP contribution >= 0.6 is 0 Å². The van der Waals surface area contributed by atoms with Gasteiger partial charge in [-0.15, -0.1) is 0 Å². The third kappa shape index (κ3) is 3.34. The molecule has 0 aromatic carbocycles. The summed E-state index contributed by atoms with van der Waals surface area (Å²) < 4.78 is 1.76. The molecule has 6 nitrogen and oxygen atoms in total. The Morgan fingerprint density at radius 2 is 2.20 bits per heavy atom. The van der Waals surface area contributed by atoms with E-state index in [-0.39, 0.29) is 5.91 Å². The van der Waals surface area contributed by atoms with Crippen molar-refractivity contribution in [1.29, 1.82) is 0 Å². The van der Waals surface area contributed by atoms with Crippen LogP contribution in [-0.2, 0) is 6.54 Å². The number of carbonyl (C=O) groups excluding carboxylic acids is 1. The van der Waals surface area contributed by atoms with Crippen molar-refractivity contribution < 1.29 is 4.79 Å². The highest BCUT2D eigenvalue weighted by Gasteiger charge is 2.12. The first-order valence-corrected chi connectivity index (χ1v) is 6.76. The van der Waals surface area contributed by atoms with Crippen molar-refractivity contribution in [2.75, 3.05) is 17.2 Å².